The molecule has 2 aliphatic heterocycles. The number of hydrogen-bond donors (Lipinski definition) is 1. The molecule has 2 rings (SSSR count). The second-order valence-corrected chi connectivity index (χ2v) is 4.66. The Labute approximate surface area is 76.1 Å². The number of likely N-dealkylation sites (tertiary alicyclic amines) is 1. The van der Waals surface area contributed by atoms with E-state index in [1.807, 2.05) is 11.8 Å². The van der Waals surface area contributed by atoms with Gasteiger partial charge in [0.1, 0.15) is 0 Å². The lowest BCUT2D eigenvalue weighted by Crippen LogP contribution is -2.54. The Morgan fingerprint density at radius 1 is 1.50 bits per heavy atom. The van der Waals surface area contributed by atoms with Crippen molar-refractivity contribution in [1.29, 1.82) is 0 Å². The minimum absolute atomic E-state index is 0.0874. The maximum absolute atomic E-state index is 10.5. The zero-order valence-electron chi connectivity index (χ0n) is 6.90. The molecule has 2 fully saturated rings. The monoisotopic (exact) mass is 187 g/mol. The molecule has 0 saturated carbocycles. The van der Waals surface area contributed by atoms with Crippen molar-refractivity contribution < 1.29 is 9.90 Å². The van der Waals surface area contributed by atoms with Gasteiger partial charge in [0.2, 0.25) is 0 Å². The molecule has 2 aliphatic rings. The van der Waals surface area contributed by atoms with Crippen LogP contribution in [0.5, 0.6) is 0 Å². The van der Waals surface area contributed by atoms with Gasteiger partial charge in [-0.1, -0.05) is 0 Å². The van der Waals surface area contributed by atoms with Crippen LogP contribution in [0.4, 0.5) is 0 Å². The molecule has 0 aromatic rings. The molecule has 1 atom stereocenters. The fourth-order valence-corrected chi connectivity index (χ4v) is 3.03. The minimum Gasteiger partial charge on any atom is -0.481 e. The summed E-state index contributed by atoms with van der Waals surface area (Å²) in [6, 6.07) is 0.672. The average molecular weight is 187 g/mol. The van der Waals surface area contributed by atoms with Gasteiger partial charge in [0.25, 0.3) is 0 Å². The fourth-order valence-electron chi connectivity index (χ4n) is 1.78. The summed E-state index contributed by atoms with van der Waals surface area (Å²) in [5.74, 6) is 1.73. The van der Waals surface area contributed by atoms with E-state index in [4.69, 9.17) is 5.11 Å². The second-order valence-electron chi connectivity index (χ2n) is 3.51. The first-order chi connectivity index (χ1) is 5.77. The predicted molar refractivity (Wildman–Crippen MR) is 48.4 cm³/mol. The van der Waals surface area contributed by atoms with Crippen molar-refractivity contribution in [3.63, 3.8) is 0 Å². The lowest BCUT2D eigenvalue weighted by atomic mass is 9.97. The summed E-state index contributed by atoms with van der Waals surface area (Å²) >= 11 is 1.98. The third-order valence-corrected chi connectivity index (χ3v) is 3.83. The Kier molecular flexibility index (Phi) is 2.28. The van der Waals surface area contributed by atoms with Gasteiger partial charge in [-0.3, -0.25) is 9.69 Å². The van der Waals surface area contributed by atoms with Crippen LogP contribution in [0, 0.1) is 5.92 Å². The Balaban J connectivity index is 1.77. The van der Waals surface area contributed by atoms with E-state index in [1.54, 1.807) is 0 Å². The molecule has 3 nitrogen and oxygen atoms in total. The molecule has 0 aromatic heterocycles. The van der Waals surface area contributed by atoms with Crippen molar-refractivity contribution in [2.75, 3.05) is 24.6 Å². The zero-order valence-corrected chi connectivity index (χ0v) is 7.72. The molecule has 12 heavy (non-hydrogen) atoms. The molecule has 2 heterocycles. The zero-order chi connectivity index (χ0) is 8.55. The molecule has 4 heteroatoms. The molecule has 2 saturated heterocycles. The highest BCUT2D eigenvalue weighted by Gasteiger charge is 2.37. The largest absolute Gasteiger partial charge is 0.481 e. The van der Waals surface area contributed by atoms with Crippen molar-refractivity contribution in [2.24, 2.45) is 5.92 Å². The van der Waals surface area contributed by atoms with Crippen LogP contribution in [0.1, 0.15) is 6.42 Å². The fraction of sp³-hybridized carbons (Fsp3) is 0.875. The molecule has 0 aromatic carbocycles. The molecule has 1 N–H and O–H groups in total. The van der Waals surface area contributed by atoms with Gasteiger partial charge in [-0.25, -0.2) is 0 Å². The highest BCUT2D eigenvalue weighted by atomic mass is 32.2. The molecular weight excluding hydrogens is 174 g/mol. The topological polar surface area (TPSA) is 40.5 Å². The number of rotatable bonds is 2. The molecule has 0 spiro atoms. The number of nitrogens with zero attached hydrogens (tertiary/aromatic N) is 1. The summed E-state index contributed by atoms with van der Waals surface area (Å²) in [6.07, 6.45) is 1.25. The van der Waals surface area contributed by atoms with Crippen LogP contribution in [0.3, 0.4) is 0 Å². The maximum atomic E-state index is 10.5. The van der Waals surface area contributed by atoms with Crippen molar-refractivity contribution in [2.45, 2.75) is 12.5 Å². The minimum atomic E-state index is -0.628. The van der Waals surface area contributed by atoms with E-state index in [0.717, 1.165) is 13.1 Å². The summed E-state index contributed by atoms with van der Waals surface area (Å²) in [4.78, 5) is 12.8. The van der Waals surface area contributed by atoms with Crippen molar-refractivity contribution in [3.8, 4) is 0 Å². The first kappa shape index (κ1) is 8.38. The highest BCUT2D eigenvalue weighted by Crippen LogP contribution is 2.28. The SMILES string of the molecule is O=C(O)C1CN([C@H]2CCSC2)C1. The van der Waals surface area contributed by atoms with E-state index in [9.17, 15) is 4.79 Å². The maximum Gasteiger partial charge on any atom is 0.309 e. The Bertz CT molecular complexity index is 185. The van der Waals surface area contributed by atoms with Crippen LogP contribution < -0.4 is 0 Å². The summed E-state index contributed by atoms with van der Waals surface area (Å²) in [7, 11) is 0. The van der Waals surface area contributed by atoms with Gasteiger partial charge in [0.15, 0.2) is 0 Å². The van der Waals surface area contributed by atoms with E-state index in [2.05, 4.69) is 4.90 Å². The first-order valence-electron chi connectivity index (χ1n) is 4.32. The molecule has 0 radical (unpaired) electrons. The van der Waals surface area contributed by atoms with Crippen LogP contribution in [-0.2, 0) is 4.79 Å². The third-order valence-electron chi connectivity index (χ3n) is 2.68. The highest BCUT2D eigenvalue weighted by molar-refractivity contribution is 7.99. The van der Waals surface area contributed by atoms with E-state index in [1.165, 1.54) is 17.9 Å². The van der Waals surface area contributed by atoms with Crippen LogP contribution in [0.15, 0.2) is 0 Å². The van der Waals surface area contributed by atoms with E-state index < -0.39 is 5.97 Å². The quantitative estimate of drug-likeness (QED) is 0.684. The lowest BCUT2D eigenvalue weighted by Gasteiger charge is -2.40. The van der Waals surface area contributed by atoms with Gasteiger partial charge >= 0.3 is 5.97 Å². The number of carboxylic acids is 1. The molecule has 0 unspecified atom stereocenters. The first-order valence-corrected chi connectivity index (χ1v) is 5.47. The smallest absolute Gasteiger partial charge is 0.309 e. The number of carboxylic acid groups (broad SMARTS) is 1. The average Bonchev–Trinajstić information content (AvgIpc) is 2.34. The van der Waals surface area contributed by atoms with Gasteiger partial charge in [-0.2, -0.15) is 11.8 Å². The van der Waals surface area contributed by atoms with Gasteiger partial charge in [-0.05, 0) is 12.2 Å². The number of hydrogen-bond acceptors (Lipinski definition) is 3. The standard InChI is InChI=1S/C8H13NO2S/c10-8(11)6-3-9(4-6)7-1-2-12-5-7/h6-7H,1-5H2,(H,10,11)/t7-/m0/s1. The summed E-state index contributed by atoms with van der Waals surface area (Å²) < 4.78 is 0. The Morgan fingerprint density at radius 2 is 2.25 bits per heavy atom. The summed E-state index contributed by atoms with van der Waals surface area (Å²) in [5.41, 5.74) is 0. The molecule has 68 valence electrons. The van der Waals surface area contributed by atoms with E-state index >= 15 is 0 Å². The van der Waals surface area contributed by atoms with E-state index in [-0.39, 0.29) is 5.92 Å². The van der Waals surface area contributed by atoms with Crippen LogP contribution in [0.2, 0.25) is 0 Å². The molecular formula is C8H13NO2S. The van der Waals surface area contributed by atoms with Crippen LogP contribution in [-0.4, -0.2) is 46.6 Å². The Hall–Kier alpha value is -0.220. The second kappa shape index (κ2) is 3.26. The molecule has 0 bridgehead atoms. The van der Waals surface area contributed by atoms with Crippen LogP contribution >= 0.6 is 11.8 Å². The van der Waals surface area contributed by atoms with E-state index in [0.29, 0.717) is 6.04 Å². The van der Waals surface area contributed by atoms with Crippen LogP contribution in [0.25, 0.3) is 0 Å². The number of thioether (sulfide) groups is 1. The number of carbonyl (C=O) groups is 1. The molecule has 0 amide bonds. The van der Waals surface area contributed by atoms with Crippen molar-refractivity contribution in [3.05, 3.63) is 0 Å². The normalized spacial score (nSPS) is 31.8. The Morgan fingerprint density at radius 3 is 2.75 bits per heavy atom. The van der Waals surface area contributed by atoms with Crippen molar-refractivity contribution >= 4 is 17.7 Å². The molecule has 0 aliphatic carbocycles. The lowest BCUT2D eigenvalue weighted by molar-refractivity contribution is -0.148. The third kappa shape index (κ3) is 1.45. The predicted octanol–water partition coefficient (Wildman–Crippen LogP) is 0.508. The van der Waals surface area contributed by atoms with Gasteiger partial charge in [0, 0.05) is 24.9 Å². The summed E-state index contributed by atoms with van der Waals surface area (Å²) in [6.45, 7) is 1.56. The number of aliphatic carboxylic acids is 1. The van der Waals surface area contributed by atoms with Crippen molar-refractivity contribution in [1.82, 2.24) is 4.90 Å². The van der Waals surface area contributed by atoms with Gasteiger partial charge in [-0.15, -0.1) is 0 Å². The van der Waals surface area contributed by atoms with Gasteiger partial charge < -0.3 is 5.11 Å². The van der Waals surface area contributed by atoms with Gasteiger partial charge in [0.05, 0.1) is 5.92 Å². The summed E-state index contributed by atoms with van der Waals surface area (Å²) in [5, 5.41) is 8.66.